The summed E-state index contributed by atoms with van der Waals surface area (Å²) in [5, 5.41) is 0. The molecule has 0 unspecified atom stereocenters. The molecular formula is C4H13N3O. The first-order valence-corrected chi connectivity index (χ1v) is 2.63. The Kier molecular flexibility index (Phi) is 6.70. The van der Waals surface area contributed by atoms with Crippen LogP contribution >= 0.6 is 0 Å². The van der Waals surface area contributed by atoms with Crippen LogP contribution in [0.3, 0.4) is 0 Å². The molecule has 4 heteroatoms. The van der Waals surface area contributed by atoms with Crippen molar-refractivity contribution in [3.05, 3.63) is 0 Å². The van der Waals surface area contributed by atoms with Gasteiger partial charge in [0, 0.05) is 13.1 Å². The van der Waals surface area contributed by atoms with E-state index < -0.39 is 0 Å². The third-order valence-electron chi connectivity index (χ3n) is 0.653. The molecule has 0 bridgehead atoms. The Bertz CT molecular complexity index is 36.3. The highest BCUT2D eigenvalue weighted by atomic mass is 16.5. The van der Waals surface area contributed by atoms with E-state index in [1.54, 1.807) is 0 Å². The number of hydrazine groups is 1. The molecule has 0 aromatic carbocycles. The average Bonchev–Trinajstić information content (AvgIpc) is 1.81. The molecule has 0 atom stereocenters. The van der Waals surface area contributed by atoms with Crippen LogP contribution in [-0.4, -0.2) is 26.3 Å². The lowest BCUT2D eigenvalue weighted by Gasteiger charge is -1.98. The number of hydrogen-bond donors (Lipinski definition) is 3. The van der Waals surface area contributed by atoms with Gasteiger partial charge < -0.3 is 10.5 Å². The maximum atomic E-state index is 5.13. The monoisotopic (exact) mass is 119 g/mol. The van der Waals surface area contributed by atoms with E-state index in [1.807, 2.05) is 0 Å². The van der Waals surface area contributed by atoms with Crippen molar-refractivity contribution in [1.82, 2.24) is 5.43 Å². The predicted molar refractivity (Wildman–Crippen MR) is 32.1 cm³/mol. The molecule has 0 aromatic heterocycles. The summed E-state index contributed by atoms with van der Waals surface area (Å²) in [7, 11) is 0. The van der Waals surface area contributed by atoms with Crippen LogP contribution in [-0.2, 0) is 4.74 Å². The largest absolute Gasteiger partial charge is 0.379 e. The zero-order valence-corrected chi connectivity index (χ0v) is 4.89. The summed E-state index contributed by atoms with van der Waals surface area (Å²) in [6, 6.07) is 0. The van der Waals surface area contributed by atoms with Gasteiger partial charge in [0.25, 0.3) is 0 Å². The second-order valence-corrected chi connectivity index (χ2v) is 1.36. The first-order valence-electron chi connectivity index (χ1n) is 2.63. The third-order valence-corrected chi connectivity index (χ3v) is 0.653. The Morgan fingerprint density at radius 1 is 1.38 bits per heavy atom. The van der Waals surface area contributed by atoms with Crippen molar-refractivity contribution < 1.29 is 4.74 Å². The van der Waals surface area contributed by atoms with Crippen molar-refractivity contribution in [3.8, 4) is 0 Å². The van der Waals surface area contributed by atoms with Crippen LogP contribution < -0.4 is 17.0 Å². The van der Waals surface area contributed by atoms with Crippen LogP contribution in [0.2, 0.25) is 0 Å². The van der Waals surface area contributed by atoms with Gasteiger partial charge in [-0.25, -0.2) is 0 Å². The van der Waals surface area contributed by atoms with Gasteiger partial charge in [-0.15, -0.1) is 0 Å². The van der Waals surface area contributed by atoms with Crippen LogP contribution in [0.1, 0.15) is 0 Å². The summed E-state index contributed by atoms with van der Waals surface area (Å²) in [4.78, 5) is 0. The van der Waals surface area contributed by atoms with E-state index in [4.69, 9.17) is 16.3 Å². The Hall–Kier alpha value is -0.160. The molecule has 5 N–H and O–H groups in total. The van der Waals surface area contributed by atoms with Crippen LogP contribution in [0.25, 0.3) is 0 Å². The molecule has 0 aliphatic carbocycles. The third kappa shape index (κ3) is 5.84. The lowest BCUT2D eigenvalue weighted by molar-refractivity contribution is 0.143. The topological polar surface area (TPSA) is 73.3 Å². The molecule has 0 rings (SSSR count). The van der Waals surface area contributed by atoms with E-state index in [1.165, 1.54) is 0 Å². The molecule has 0 spiro atoms. The molecule has 8 heavy (non-hydrogen) atoms. The quantitative estimate of drug-likeness (QED) is 0.232. The Balaban J connectivity index is 2.53. The van der Waals surface area contributed by atoms with Gasteiger partial charge in [-0.2, -0.15) is 0 Å². The highest BCUT2D eigenvalue weighted by Crippen LogP contribution is 1.66. The van der Waals surface area contributed by atoms with Crippen molar-refractivity contribution in [3.63, 3.8) is 0 Å². The van der Waals surface area contributed by atoms with Crippen molar-refractivity contribution >= 4 is 0 Å². The molecule has 50 valence electrons. The maximum absolute atomic E-state index is 5.13. The number of rotatable bonds is 5. The lowest BCUT2D eigenvalue weighted by Crippen LogP contribution is -2.27. The summed E-state index contributed by atoms with van der Waals surface area (Å²) in [5.74, 6) is 4.95. The van der Waals surface area contributed by atoms with Crippen molar-refractivity contribution in [2.24, 2.45) is 11.6 Å². The summed E-state index contributed by atoms with van der Waals surface area (Å²) < 4.78 is 4.96. The zero-order chi connectivity index (χ0) is 6.24. The zero-order valence-electron chi connectivity index (χ0n) is 4.89. The Morgan fingerprint density at radius 2 is 2.12 bits per heavy atom. The number of ether oxygens (including phenoxy) is 1. The molecular weight excluding hydrogens is 106 g/mol. The van der Waals surface area contributed by atoms with E-state index in [9.17, 15) is 0 Å². The fourth-order valence-corrected chi connectivity index (χ4v) is 0.316. The van der Waals surface area contributed by atoms with Crippen molar-refractivity contribution in [2.45, 2.75) is 0 Å². The SMILES string of the molecule is NCCOCCNN. The van der Waals surface area contributed by atoms with E-state index in [0.717, 1.165) is 0 Å². The normalized spacial score (nSPS) is 9.75. The molecule has 0 fully saturated rings. The van der Waals surface area contributed by atoms with Crippen LogP contribution in [0.5, 0.6) is 0 Å². The van der Waals surface area contributed by atoms with E-state index >= 15 is 0 Å². The van der Waals surface area contributed by atoms with Crippen LogP contribution in [0, 0.1) is 0 Å². The van der Waals surface area contributed by atoms with Gasteiger partial charge in [0.2, 0.25) is 0 Å². The second kappa shape index (κ2) is 6.84. The average molecular weight is 119 g/mol. The van der Waals surface area contributed by atoms with E-state index in [0.29, 0.717) is 26.3 Å². The Labute approximate surface area is 49.1 Å². The number of nitrogens with one attached hydrogen (secondary N) is 1. The molecule has 4 nitrogen and oxygen atoms in total. The molecule has 0 aromatic rings. The number of hydrogen-bond acceptors (Lipinski definition) is 4. The lowest BCUT2D eigenvalue weighted by atomic mass is 10.7. The van der Waals surface area contributed by atoms with Crippen molar-refractivity contribution in [2.75, 3.05) is 26.3 Å². The second-order valence-electron chi connectivity index (χ2n) is 1.36. The van der Waals surface area contributed by atoms with E-state index in [-0.39, 0.29) is 0 Å². The highest BCUT2D eigenvalue weighted by Gasteiger charge is 1.81. The molecule has 0 amide bonds. The standard InChI is InChI=1S/C4H13N3O/c5-1-3-8-4-2-7-6/h7H,1-6H2. The van der Waals surface area contributed by atoms with Crippen molar-refractivity contribution in [1.29, 1.82) is 0 Å². The highest BCUT2D eigenvalue weighted by molar-refractivity contribution is 4.34. The molecule has 0 saturated heterocycles. The minimum Gasteiger partial charge on any atom is -0.379 e. The van der Waals surface area contributed by atoms with E-state index in [2.05, 4.69) is 5.43 Å². The summed E-state index contributed by atoms with van der Waals surface area (Å²) in [6.07, 6.45) is 0. The summed E-state index contributed by atoms with van der Waals surface area (Å²) >= 11 is 0. The summed E-state index contributed by atoms with van der Waals surface area (Å²) in [6.45, 7) is 2.50. The summed E-state index contributed by atoms with van der Waals surface area (Å²) in [5.41, 5.74) is 7.59. The van der Waals surface area contributed by atoms with Gasteiger partial charge in [-0.05, 0) is 0 Å². The predicted octanol–water partition coefficient (Wildman–Crippen LogP) is -1.57. The molecule has 0 aliphatic rings. The van der Waals surface area contributed by atoms with Gasteiger partial charge >= 0.3 is 0 Å². The first kappa shape index (κ1) is 7.84. The molecule has 0 saturated carbocycles. The minimum absolute atomic E-state index is 0.574. The van der Waals surface area contributed by atoms with Gasteiger partial charge in [0.1, 0.15) is 0 Å². The van der Waals surface area contributed by atoms with Gasteiger partial charge in [0.15, 0.2) is 0 Å². The molecule has 0 heterocycles. The van der Waals surface area contributed by atoms with Gasteiger partial charge in [-0.3, -0.25) is 11.3 Å². The first-order chi connectivity index (χ1) is 3.91. The number of nitrogens with two attached hydrogens (primary N) is 2. The van der Waals surface area contributed by atoms with Crippen LogP contribution in [0.4, 0.5) is 0 Å². The van der Waals surface area contributed by atoms with Gasteiger partial charge in [-0.1, -0.05) is 0 Å². The fraction of sp³-hybridized carbons (Fsp3) is 1.00. The minimum atomic E-state index is 0.574. The maximum Gasteiger partial charge on any atom is 0.0605 e. The fourth-order valence-electron chi connectivity index (χ4n) is 0.316. The molecule has 0 aliphatic heterocycles. The smallest absolute Gasteiger partial charge is 0.0605 e. The Morgan fingerprint density at radius 3 is 2.62 bits per heavy atom. The van der Waals surface area contributed by atoms with Crippen LogP contribution in [0.15, 0.2) is 0 Å². The molecule has 0 radical (unpaired) electrons. The van der Waals surface area contributed by atoms with Gasteiger partial charge in [0.05, 0.1) is 13.2 Å².